The van der Waals surface area contributed by atoms with E-state index in [0.29, 0.717) is 19.0 Å². The summed E-state index contributed by atoms with van der Waals surface area (Å²) in [4.78, 5) is 28.2. The van der Waals surface area contributed by atoms with E-state index in [9.17, 15) is 14.7 Å². The fourth-order valence-corrected chi connectivity index (χ4v) is 3.00. The van der Waals surface area contributed by atoms with E-state index in [0.717, 1.165) is 31.5 Å². The second-order valence-corrected chi connectivity index (χ2v) is 5.64. The van der Waals surface area contributed by atoms with Crippen molar-refractivity contribution >= 4 is 11.9 Å². The standard InChI is InChI=1S/C14H19N3O4/c18-12(11-15-9-10-3-1-2-6-17(10)11)16-14(13(19)20)4-7-21-8-5-14/h9H,1-8H2,(H,16,18)(H,19,20). The average molecular weight is 293 g/mol. The molecule has 21 heavy (non-hydrogen) atoms. The predicted molar refractivity (Wildman–Crippen MR) is 73.1 cm³/mol. The van der Waals surface area contributed by atoms with Crippen LogP contribution < -0.4 is 5.32 Å². The van der Waals surface area contributed by atoms with Crippen LogP contribution in [0.5, 0.6) is 0 Å². The summed E-state index contributed by atoms with van der Waals surface area (Å²) >= 11 is 0. The first-order chi connectivity index (χ1) is 10.1. The van der Waals surface area contributed by atoms with Crippen LogP contribution in [0.15, 0.2) is 6.20 Å². The summed E-state index contributed by atoms with van der Waals surface area (Å²) in [5, 5.41) is 12.2. The van der Waals surface area contributed by atoms with Crippen LogP contribution in [0.4, 0.5) is 0 Å². The highest BCUT2D eigenvalue weighted by atomic mass is 16.5. The third kappa shape index (κ3) is 2.53. The molecule has 0 bridgehead atoms. The van der Waals surface area contributed by atoms with Gasteiger partial charge in [-0.25, -0.2) is 9.78 Å². The number of hydrogen-bond donors (Lipinski definition) is 2. The van der Waals surface area contributed by atoms with E-state index in [-0.39, 0.29) is 12.8 Å². The number of nitrogens with zero attached hydrogens (tertiary/aromatic N) is 2. The number of imidazole rings is 1. The molecular weight excluding hydrogens is 274 g/mol. The number of ether oxygens (including phenoxy) is 1. The van der Waals surface area contributed by atoms with Gasteiger partial charge in [-0.15, -0.1) is 0 Å². The summed E-state index contributed by atoms with van der Waals surface area (Å²) in [6.45, 7) is 1.44. The lowest BCUT2D eigenvalue weighted by molar-refractivity contribution is -0.148. The molecule has 0 unspecified atom stereocenters. The van der Waals surface area contributed by atoms with Crippen molar-refractivity contribution in [1.82, 2.24) is 14.9 Å². The normalized spacial score (nSPS) is 20.6. The molecule has 2 aliphatic heterocycles. The molecule has 2 aliphatic rings. The summed E-state index contributed by atoms with van der Waals surface area (Å²) < 4.78 is 7.10. The van der Waals surface area contributed by atoms with Crippen LogP contribution in [0.2, 0.25) is 0 Å². The SMILES string of the molecule is O=C(NC1(C(=O)O)CCOCC1)c1ncc2n1CCCC2. The monoisotopic (exact) mass is 293 g/mol. The van der Waals surface area contributed by atoms with Gasteiger partial charge in [-0.3, -0.25) is 4.79 Å². The topological polar surface area (TPSA) is 93.5 Å². The molecule has 0 saturated carbocycles. The zero-order valence-electron chi connectivity index (χ0n) is 11.8. The average Bonchev–Trinajstić information content (AvgIpc) is 2.92. The van der Waals surface area contributed by atoms with E-state index >= 15 is 0 Å². The van der Waals surface area contributed by atoms with Gasteiger partial charge in [-0.1, -0.05) is 0 Å². The van der Waals surface area contributed by atoms with E-state index in [1.54, 1.807) is 6.20 Å². The molecule has 0 aliphatic carbocycles. The first kappa shape index (κ1) is 14.1. The van der Waals surface area contributed by atoms with Crippen molar-refractivity contribution in [2.24, 2.45) is 0 Å². The summed E-state index contributed by atoms with van der Waals surface area (Å²) in [5.74, 6) is -1.10. The van der Waals surface area contributed by atoms with E-state index in [1.807, 2.05) is 4.57 Å². The van der Waals surface area contributed by atoms with Gasteiger partial charge in [-0.05, 0) is 19.3 Å². The predicted octanol–water partition coefficient (Wildman–Crippen LogP) is 0.583. The molecule has 0 radical (unpaired) electrons. The number of carbonyl (C=O) groups excluding carboxylic acids is 1. The van der Waals surface area contributed by atoms with Crippen LogP contribution in [0.25, 0.3) is 0 Å². The first-order valence-corrected chi connectivity index (χ1v) is 7.30. The van der Waals surface area contributed by atoms with Gasteiger partial charge in [0.2, 0.25) is 0 Å². The number of nitrogens with one attached hydrogen (secondary N) is 1. The summed E-state index contributed by atoms with van der Waals surface area (Å²) in [6, 6.07) is 0. The van der Waals surface area contributed by atoms with Gasteiger partial charge in [0.15, 0.2) is 5.82 Å². The molecule has 1 fully saturated rings. The second kappa shape index (κ2) is 5.48. The van der Waals surface area contributed by atoms with E-state index < -0.39 is 17.4 Å². The molecule has 7 heteroatoms. The Balaban J connectivity index is 1.82. The lowest BCUT2D eigenvalue weighted by Crippen LogP contribution is -2.57. The van der Waals surface area contributed by atoms with Gasteiger partial charge < -0.3 is 19.7 Å². The van der Waals surface area contributed by atoms with E-state index in [4.69, 9.17) is 4.74 Å². The minimum atomic E-state index is -1.24. The van der Waals surface area contributed by atoms with Crippen LogP contribution in [-0.4, -0.2) is 45.3 Å². The van der Waals surface area contributed by atoms with Gasteiger partial charge in [0, 0.05) is 44.5 Å². The molecule has 0 spiro atoms. The molecular formula is C14H19N3O4. The fraction of sp³-hybridized carbons (Fsp3) is 0.643. The Hall–Kier alpha value is -1.89. The Morgan fingerprint density at radius 1 is 1.33 bits per heavy atom. The minimum Gasteiger partial charge on any atom is -0.480 e. The van der Waals surface area contributed by atoms with Crippen LogP contribution >= 0.6 is 0 Å². The maximum absolute atomic E-state index is 12.5. The number of carboxylic acid groups (broad SMARTS) is 1. The maximum atomic E-state index is 12.5. The Labute approximate surface area is 122 Å². The summed E-state index contributed by atoms with van der Waals surface area (Å²) in [5.41, 5.74) is -0.195. The number of aliphatic carboxylic acids is 1. The molecule has 1 aromatic rings. The molecule has 3 heterocycles. The zero-order valence-corrected chi connectivity index (χ0v) is 11.8. The maximum Gasteiger partial charge on any atom is 0.329 e. The largest absolute Gasteiger partial charge is 0.480 e. The molecule has 114 valence electrons. The van der Waals surface area contributed by atoms with Crippen molar-refractivity contribution in [3.8, 4) is 0 Å². The van der Waals surface area contributed by atoms with Crippen molar-refractivity contribution in [3.63, 3.8) is 0 Å². The highest BCUT2D eigenvalue weighted by Crippen LogP contribution is 2.23. The molecule has 0 atom stereocenters. The number of carboxylic acids is 1. The molecule has 1 amide bonds. The quantitative estimate of drug-likeness (QED) is 0.850. The summed E-state index contributed by atoms with van der Waals surface area (Å²) in [7, 11) is 0. The lowest BCUT2D eigenvalue weighted by Gasteiger charge is -2.33. The number of aromatic nitrogens is 2. The fourth-order valence-electron chi connectivity index (χ4n) is 3.00. The van der Waals surface area contributed by atoms with Gasteiger partial charge in [0.25, 0.3) is 5.91 Å². The number of aryl methyl sites for hydroxylation is 1. The van der Waals surface area contributed by atoms with Gasteiger partial charge >= 0.3 is 5.97 Å². The van der Waals surface area contributed by atoms with Gasteiger partial charge in [-0.2, -0.15) is 0 Å². The highest BCUT2D eigenvalue weighted by Gasteiger charge is 2.42. The molecule has 2 N–H and O–H groups in total. The van der Waals surface area contributed by atoms with Crippen molar-refractivity contribution in [3.05, 3.63) is 17.7 Å². The molecule has 0 aromatic carbocycles. The van der Waals surface area contributed by atoms with Crippen LogP contribution in [0.3, 0.4) is 0 Å². The number of amides is 1. The third-order valence-corrected chi connectivity index (χ3v) is 4.31. The number of fused-ring (bicyclic) bond motifs is 1. The smallest absolute Gasteiger partial charge is 0.329 e. The third-order valence-electron chi connectivity index (χ3n) is 4.31. The van der Waals surface area contributed by atoms with Crippen LogP contribution in [-0.2, 0) is 22.5 Å². The van der Waals surface area contributed by atoms with Crippen molar-refractivity contribution in [2.45, 2.75) is 44.2 Å². The highest BCUT2D eigenvalue weighted by molar-refractivity contribution is 5.95. The molecule has 7 nitrogen and oxygen atoms in total. The number of rotatable bonds is 3. The lowest BCUT2D eigenvalue weighted by atomic mass is 9.90. The zero-order chi connectivity index (χ0) is 14.9. The Bertz CT molecular complexity index is 561. The molecule has 1 saturated heterocycles. The molecule has 1 aromatic heterocycles. The Morgan fingerprint density at radius 2 is 2.10 bits per heavy atom. The second-order valence-electron chi connectivity index (χ2n) is 5.64. The first-order valence-electron chi connectivity index (χ1n) is 7.30. The molecule has 3 rings (SSSR count). The Kier molecular flexibility index (Phi) is 3.67. The van der Waals surface area contributed by atoms with Crippen molar-refractivity contribution in [2.75, 3.05) is 13.2 Å². The number of hydrogen-bond acceptors (Lipinski definition) is 4. The minimum absolute atomic E-state index is 0.279. The van der Waals surface area contributed by atoms with E-state index in [1.165, 1.54) is 0 Å². The Morgan fingerprint density at radius 3 is 2.81 bits per heavy atom. The van der Waals surface area contributed by atoms with Gasteiger partial charge in [0.05, 0.1) is 0 Å². The van der Waals surface area contributed by atoms with E-state index in [2.05, 4.69) is 10.3 Å². The summed E-state index contributed by atoms with van der Waals surface area (Å²) in [6.07, 6.45) is 5.30. The van der Waals surface area contributed by atoms with Crippen LogP contribution in [0, 0.1) is 0 Å². The van der Waals surface area contributed by atoms with Crippen molar-refractivity contribution < 1.29 is 19.4 Å². The van der Waals surface area contributed by atoms with Crippen molar-refractivity contribution in [1.29, 1.82) is 0 Å². The van der Waals surface area contributed by atoms with Crippen LogP contribution in [0.1, 0.15) is 42.0 Å². The number of carbonyl (C=O) groups is 2. The van der Waals surface area contributed by atoms with Gasteiger partial charge in [0.1, 0.15) is 5.54 Å².